The van der Waals surface area contributed by atoms with E-state index in [9.17, 15) is 9.90 Å². The number of aromatic hydroxyl groups is 1. The summed E-state index contributed by atoms with van der Waals surface area (Å²) >= 11 is 0. The molecular formula is C25H29NO7. The van der Waals surface area contributed by atoms with Crippen molar-refractivity contribution in [3.63, 3.8) is 0 Å². The lowest BCUT2D eigenvalue weighted by Crippen LogP contribution is -2.43. The van der Waals surface area contributed by atoms with Gasteiger partial charge in [0.25, 0.3) is 0 Å². The van der Waals surface area contributed by atoms with Crippen LogP contribution in [0.5, 0.6) is 28.7 Å². The molecule has 2 aromatic carbocycles. The van der Waals surface area contributed by atoms with Crippen molar-refractivity contribution in [1.82, 2.24) is 5.32 Å². The molecule has 0 saturated carbocycles. The number of carbonyl (C=O) groups excluding carboxylic acids is 1. The highest BCUT2D eigenvalue weighted by Crippen LogP contribution is 2.55. The van der Waals surface area contributed by atoms with Crippen LogP contribution in [0.1, 0.15) is 48.9 Å². The Morgan fingerprint density at radius 2 is 1.70 bits per heavy atom. The van der Waals surface area contributed by atoms with Gasteiger partial charge in [-0.15, -0.1) is 0 Å². The molecule has 1 aliphatic carbocycles. The van der Waals surface area contributed by atoms with E-state index >= 15 is 0 Å². The number of esters is 1. The largest absolute Gasteiger partial charge is 0.502 e. The lowest BCUT2D eigenvalue weighted by Gasteiger charge is -2.40. The number of ether oxygens (including phenoxy) is 5. The van der Waals surface area contributed by atoms with Crippen molar-refractivity contribution in [1.29, 1.82) is 0 Å². The Morgan fingerprint density at radius 3 is 2.30 bits per heavy atom. The third-order valence-corrected chi connectivity index (χ3v) is 7.12. The molecule has 2 aromatic rings. The number of cyclic esters (lactones) is 1. The number of benzene rings is 2. The zero-order chi connectivity index (χ0) is 23.3. The second-order valence-corrected chi connectivity index (χ2v) is 8.86. The molecule has 0 amide bonds. The van der Waals surface area contributed by atoms with E-state index < -0.39 is 5.92 Å². The second-order valence-electron chi connectivity index (χ2n) is 8.86. The first-order valence-corrected chi connectivity index (χ1v) is 11.3. The zero-order valence-electron chi connectivity index (χ0n) is 19.2. The Balaban J connectivity index is 1.73. The molecule has 5 atom stereocenters. The fraction of sp³-hybridized carbons (Fsp3) is 0.480. The highest BCUT2D eigenvalue weighted by atomic mass is 16.7. The first-order valence-electron chi connectivity index (χ1n) is 11.3. The lowest BCUT2D eigenvalue weighted by molar-refractivity contribution is -0.141. The number of hydrogen-bond acceptors (Lipinski definition) is 8. The average molecular weight is 456 g/mol. The monoisotopic (exact) mass is 455 g/mol. The number of carbonyl (C=O) groups is 1. The Kier molecular flexibility index (Phi) is 5.48. The van der Waals surface area contributed by atoms with Crippen LogP contribution >= 0.6 is 0 Å². The van der Waals surface area contributed by atoms with Crippen molar-refractivity contribution in [2.24, 2.45) is 11.8 Å². The molecule has 3 aliphatic rings. The van der Waals surface area contributed by atoms with E-state index in [1.165, 1.54) is 14.2 Å². The van der Waals surface area contributed by atoms with Gasteiger partial charge >= 0.3 is 5.97 Å². The maximum absolute atomic E-state index is 13.1. The molecule has 0 spiro atoms. The fourth-order valence-electron chi connectivity index (χ4n) is 5.29. The minimum atomic E-state index is -0.404. The maximum Gasteiger partial charge on any atom is 0.310 e. The predicted octanol–water partition coefficient (Wildman–Crippen LogP) is 3.50. The normalized spacial score (nSPS) is 25.8. The van der Waals surface area contributed by atoms with Crippen molar-refractivity contribution in [2.45, 2.75) is 38.3 Å². The van der Waals surface area contributed by atoms with Crippen LogP contribution in [0.2, 0.25) is 0 Å². The van der Waals surface area contributed by atoms with Crippen LogP contribution in [0.4, 0.5) is 0 Å². The van der Waals surface area contributed by atoms with Gasteiger partial charge in [0.2, 0.25) is 12.5 Å². The van der Waals surface area contributed by atoms with E-state index in [1.807, 2.05) is 12.1 Å². The molecule has 0 radical (unpaired) electrons. The summed E-state index contributed by atoms with van der Waals surface area (Å²) in [5, 5.41) is 14.2. The van der Waals surface area contributed by atoms with Crippen LogP contribution in [0, 0.1) is 11.8 Å². The number of nitrogens with one attached hydrogen (secondary N) is 1. The molecule has 0 bridgehead atoms. The van der Waals surface area contributed by atoms with E-state index in [2.05, 4.69) is 19.2 Å². The van der Waals surface area contributed by atoms with E-state index in [0.29, 0.717) is 18.1 Å². The SMILES string of the molecule is CCC(C)N[C@@H]1c2cc3c(cc2[C@@H](c2cc(OC)c(O)c(OC)c2)[C@H]2C(=O)OC[C@@H]21)OCO3. The van der Waals surface area contributed by atoms with Crippen LogP contribution in [0.15, 0.2) is 24.3 Å². The summed E-state index contributed by atoms with van der Waals surface area (Å²) in [5.74, 6) is 0.837. The molecule has 2 N–H and O–H groups in total. The summed E-state index contributed by atoms with van der Waals surface area (Å²) in [6.07, 6.45) is 0.957. The summed E-state index contributed by atoms with van der Waals surface area (Å²) < 4.78 is 27.8. The van der Waals surface area contributed by atoms with Crippen LogP contribution in [0.3, 0.4) is 0 Å². The van der Waals surface area contributed by atoms with Crippen LogP contribution in [-0.4, -0.2) is 44.7 Å². The molecule has 176 valence electrons. The van der Waals surface area contributed by atoms with E-state index in [1.54, 1.807) is 12.1 Å². The molecule has 5 rings (SSSR count). The molecule has 0 aromatic heterocycles. The third-order valence-electron chi connectivity index (χ3n) is 7.12. The third kappa shape index (κ3) is 3.44. The van der Waals surface area contributed by atoms with Gasteiger partial charge in [0.05, 0.1) is 26.7 Å². The molecule has 1 unspecified atom stereocenters. The minimum absolute atomic E-state index is 0.0600. The quantitative estimate of drug-likeness (QED) is 0.639. The first-order chi connectivity index (χ1) is 16.0. The van der Waals surface area contributed by atoms with Gasteiger partial charge in [-0.2, -0.15) is 0 Å². The summed E-state index contributed by atoms with van der Waals surface area (Å²) in [7, 11) is 2.98. The van der Waals surface area contributed by atoms with Gasteiger partial charge in [-0.3, -0.25) is 4.79 Å². The summed E-state index contributed by atoms with van der Waals surface area (Å²) in [5.41, 5.74) is 2.84. The topological polar surface area (TPSA) is 95.5 Å². The Labute approximate surface area is 192 Å². The van der Waals surface area contributed by atoms with Crippen molar-refractivity contribution in [3.05, 3.63) is 41.0 Å². The lowest BCUT2D eigenvalue weighted by atomic mass is 9.65. The highest BCUT2D eigenvalue weighted by molar-refractivity contribution is 5.79. The summed E-state index contributed by atoms with van der Waals surface area (Å²) in [6.45, 7) is 4.78. The van der Waals surface area contributed by atoms with Crippen molar-refractivity contribution < 1.29 is 33.6 Å². The van der Waals surface area contributed by atoms with Gasteiger partial charge in [0, 0.05) is 23.9 Å². The van der Waals surface area contributed by atoms with Crippen molar-refractivity contribution in [3.8, 4) is 28.7 Å². The molecule has 2 heterocycles. The molecular weight excluding hydrogens is 426 g/mol. The smallest absolute Gasteiger partial charge is 0.310 e. The zero-order valence-corrected chi connectivity index (χ0v) is 19.2. The molecule has 1 saturated heterocycles. The molecule has 8 heteroatoms. The maximum atomic E-state index is 13.1. The van der Waals surface area contributed by atoms with Crippen molar-refractivity contribution >= 4 is 5.97 Å². The highest BCUT2D eigenvalue weighted by Gasteiger charge is 2.52. The first kappa shape index (κ1) is 21.7. The molecule has 2 aliphatic heterocycles. The minimum Gasteiger partial charge on any atom is -0.502 e. The molecule has 33 heavy (non-hydrogen) atoms. The van der Waals surface area contributed by atoms with E-state index in [4.69, 9.17) is 23.7 Å². The summed E-state index contributed by atoms with van der Waals surface area (Å²) in [4.78, 5) is 13.1. The molecule has 1 fully saturated rings. The Bertz CT molecular complexity index is 1060. The number of fused-ring (bicyclic) bond motifs is 3. The fourth-order valence-corrected chi connectivity index (χ4v) is 5.29. The average Bonchev–Trinajstić information content (AvgIpc) is 3.44. The number of phenols is 1. The number of methoxy groups -OCH3 is 2. The van der Waals surface area contributed by atoms with Gasteiger partial charge in [-0.1, -0.05) is 6.92 Å². The standard InChI is InChI=1S/C25H29NO7/c1-5-12(2)26-23-15-9-18-17(32-11-33-18)8-14(15)21(22-16(23)10-31-25(22)28)13-6-19(29-3)24(27)20(7-13)30-4/h6-9,12,16,21-23,26-27H,5,10-11H2,1-4H3/t12?,16-,21+,22-,23+/m0/s1. The number of phenolic OH excluding ortho intramolecular Hbond substituents is 1. The number of hydrogen-bond donors (Lipinski definition) is 2. The van der Waals surface area contributed by atoms with Gasteiger partial charge in [0.15, 0.2) is 23.0 Å². The van der Waals surface area contributed by atoms with Crippen LogP contribution in [0.25, 0.3) is 0 Å². The van der Waals surface area contributed by atoms with Gasteiger partial charge in [-0.05, 0) is 54.3 Å². The van der Waals surface area contributed by atoms with Gasteiger partial charge < -0.3 is 34.1 Å². The predicted molar refractivity (Wildman–Crippen MR) is 119 cm³/mol. The summed E-state index contributed by atoms with van der Waals surface area (Å²) in [6, 6.07) is 7.72. The van der Waals surface area contributed by atoms with E-state index in [0.717, 1.165) is 23.1 Å². The Hall–Kier alpha value is -3.13. The number of rotatable bonds is 6. The molecule has 8 nitrogen and oxygen atoms in total. The van der Waals surface area contributed by atoms with Crippen molar-refractivity contribution in [2.75, 3.05) is 27.6 Å². The Morgan fingerprint density at radius 1 is 1.06 bits per heavy atom. The van der Waals surface area contributed by atoms with Gasteiger partial charge in [-0.25, -0.2) is 0 Å². The van der Waals surface area contributed by atoms with Crippen LogP contribution in [-0.2, 0) is 9.53 Å². The van der Waals surface area contributed by atoms with Crippen LogP contribution < -0.4 is 24.3 Å². The van der Waals surface area contributed by atoms with E-state index in [-0.39, 0.29) is 53.9 Å². The van der Waals surface area contributed by atoms with Gasteiger partial charge in [0.1, 0.15) is 0 Å². The second kappa shape index (κ2) is 8.33.